The Morgan fingerprint density at radius 2 is 1.82 bits per heavy atom. The van der Waals surface area contributed by atoms with E-state index in [0.29, 0.717) is 39.3 Å². The SMILES string of the molecule is COc1ccc2c(n1)n1cnc(C)c1c(=O)n2CCCN1CCN(c2ccc(Cl)c(Cl)c2)CC1. The molecule has 8 nitrogen and oxygen atoms in total. The lowest BCUT2D eigenvalue weighted by atomic mass is 10.2. The number of rotatable bonds is 6. The Bertz CT molecular complexity index is 1410. The number of piperazine rings is 1. The van der Waals surface area contributed by atoms with Gasteiger partial charge in [0, 0.05) is 44.5 Å². The molecule has 1 fully saturated rings. The van der Waals surface area contributed by atoms with E-state index in [1.165, 1.54) is 0 Å². The highest BCUT2D eigenvalue weighted by molar-refractivity contribution is 6.42. The van der Waals surface area contributed by atoms with Gasteiger partial charge in [-0.1, -0.05) is 23.2 Å². The highest BCUT2D eigenvalue weighted by atomic mass is 35.5. The number of methoxy groups -OCH3 is 1. The Balaban J connectivity index is 1.29. The molecule has 3 aromatic heterocycles. The van der Waals surface area contributed by atoms with Crippen LogP contribution < -0.4 is 15.2 Å². The molecule has 1 aliphatic heterocycles. The highest BCUT2D eigenvalue weighted by Gasteiger charge is 2.19. The van der Waals surface area contributed by atoms with Gasteiger partial charge in [0.05, 0.1) is 28.4 Å². The number of pyridine rings is 1. The maximum atomic E-state index is 13.3. The van der Waals surface area contributed by atoms with Crippen molar-refractivity contribution in [2.24, 2.45) is 0 Å². The Hall–Kier alpha value is -2.81. The quantitative estimate of drug-likeness (QED) is 0.400. The van der Waals surface area contributed by atoms with E-state index in [1.54, 1.807) is 23.9 Å². The van der Waals surface area contributed by atoms with Gasteiger partial charge in [0.2, 0.25) is 5.88 Å². The molecular weight excluding hydrogens is 475 g/mol. The smallest absolute Gasteiger partial charge is 0.277 e. The molecule has 0 saturated carbocycles. The van der Waals surface area contributed by atoms with Crippen LogP contribution >= 0.6 is 23.2 Å². The van der Waals surface area contributed by atoms with E-state index < -0.39 is 0 Å². The van der Waals surface area contributed by atoms with E-state index in [-0.39, 0.29) is 5.56 Å². The maximum Gasteiger partial charge on any atom is 0.277 e. The summed E-state index contributed by atoms with van der Waals surface area (Å²) in [5, 5.41) is 1.15. The average molecular weight is 501 g/mol. The van der Waals surface area contributed by atoms with Gasteiger partial charge >= 0.3 is 0 Å². The molecule has 178 valence electrons. The van der Waals surface area contributed by atoms with E-state index in [2.05, 4.69) is 19.8 Å². The summed E-state index contributed by atoms with van der Waals surface area (Å²) in [7, 11) is 1.59. The summed E-state index contributed by atoms with van der Waals surface area (Å²) >= 11 is 12.2. The number of aromatic nitrogens is 4. The van der Waals surface area contributed by atoms with Crippen LogP contribution in [0.25, 0.3) is 16.7 Å². The monoisotopic (exact) mass is 500 g/mol. The summed E-state index contributed by atoms with van der Waals surface area (Å²) in [6.45, 7) is 7.12. The van der Waals surface area contributed by atoms with Crippen molar-refractivity contribution in [1.82, 2.24) is 23.8 Å². The van der Waals surface area contributed by atoms with E-state index in [1.807, 2.05) is 35.8 Å². The lowest BCUT2D eigenvalue weighted by Crippen LogP contribution is -2.46. The molecule has 4 aromatic rings. The molecule has 0 N–H and O–H groups in total. The average Bonchev–Trinajstić information content (AvgIpc) is 3.25. The van der Waals surface area contributed by atoms with Gasteiger partial charge in [-0.25, -0.2) is 4.98 Å². The standard InChI is InChI=1S/C24H26Cl2N6O2/c1-16-22-24(33)31(20-6-7-21(34-2)28-23(20)32(22)15-27-16)9-3-8-29-10-12-30(13-11-29)17-4-5-18(25)19(26)14-17/h4-7,14-15H,3,8-13H2,1-2H3. The van der Waals surface area contributed by atoms with Crippen LogP contribution in [0.3, 0.4) is 0 Å². The molecule has 10 heteroatoms. The van der Waals surface area contributed by atoms with Gasteiger partial charge in [0.25, 0.3) is 5.56 Å². The predicted octanol–water partition coefficient (Wildman–Crippen LogP) is 3.88. The van der Waals surface area contributed by atoms with E-state index in [4.69, 9.17) is 27.9 Å². The fourth-order valence-corrected chi connectivity index (χ4v) is 4.90. The number of ether oxygens (including phenoxy) is 1. The Kier molecular flexibility index (Phi) is 6.38. The molecule has 0 radical (unpaired) electrons. The first-order valence-corrected chi connectivity index (χ1v) is 12.1. The third kappa shape index (κ3) is 4.21. The molecule has 1 aromatic carbocycles. The number of aryl methyl sites for hydroxylation is 2. The fraction of sp³-hybridized carbons (Fsp3) is 0.375. The molecule has 0 aliphatic carbocycles. The molecule has 0 unspecified atom stereocenters. The van der Waals surface area contributed by atoms with Crippen LogP contribution in [-0.2, 0) is 6.54 Å². The van der Waals surface area contributed by atoms with Crippen LogP contribution in [0, 0.1) is 6.92 Å². The van der Waals surface area contributed by atoms with Gasteiger partial charge in [-0.3, -0.25) is 14.1 Å². The summed E-state index contributed by atoms with van der Waals surface area (Å²) in [5.74, 6) is 0.505. The van der Waals surface area contributed by atoms with Crippen LogP contribution in [0.1, 0.15) is 12.1 Å². The van der Waals surface area contributed by atoms with Crippen LogP contribution in [0.4, 0.5) is 5.69 Å². The Labute approximate surface area is 207 Å². The molecule has 4 heterocycles. The summed E-state index contributed by atoms with van der Waals surface area (Å²) < 4.78 is 8.88. The summed E-state index contributed by atoms with van der Waals surface area (Å²) in [5.41, 5.74) is 3.76. The van der Waals surface area contributed by atoms with Crippen molar-refractivity contribution in [3.8, 4) is 5.88 Å². The molecule has 0 bridgehead atoms. The molecular formula is C24H26Cl2N6O2. The van der Waals surface area contributed by atoms with Crippen LogP contribution in [0.15, 0.2) is 41.5 Å². The van der Waals surface area contributed by atoms with Crippen LogP contribution in [0.2, 0.25) is 10.0 Å². The van der Waals surface area contributed by atoms with Crippen molar-refractivity contribution in [1.29, 1.82) is 0 Å². The minimum absolute atomic E-state index is 0.0427. The van der Waals surface area contributed by atoms with Gasteiger partial charge in [-0.15, -0.1) is 0 Å². The molecule has 1 saturated heterocycles. The minimum atomic E-state index is -0.0427. The van der Waals surface area contributed by atoms with Crippen molar-refractivity contribution in [3.05, 3.63) is 62.8 Å². The van der Waals surface area contributed by atoms with Gasteiger partial charge < -0.3 is 14.2 Å². The lowest BCUT2D eigenvalue weighted by molar-refractivity contribution is 0.250. The van der Waals surface area contributed by atoms with Crippen LogP contribution in [-0.4, -0.2) is 63.7 Å². The molecule has 0 spiro atoms. The summed E-state index contributed by atoms with van der Waals surface area (Å²) in [6, 6.07) is 9.47. The number of fused-ring (bicyclic) bond motifs is 3. The minimum Gasteiger partial charge on any atom is -0.481 e. The van der Waals surface area contributed by atoms with Crippen molar-refractivity contribution >= 4 is 45.6 Å². The zero-order valence-corrected chi connectivity index (χ0v) is 20.7. The first-order chi connectivity index (χ1) is 16.5. The molecule has 34 heavy (non-hydrogen) atoms. The first kappa shape index (κ1) is 23.0. The van der Waals surface area contributed by atoms with Crippen molar-refractivity contribution in [2.45, 2.75) is 19.9 Å². The summed E-state index contributed by atoms with van der Waals surface area (Å²) in [4.78, 5) is 27.0. The Morgan fingerprint density at radius 3 is 2.56 bits per heavy atom. The number of hydrogen-bond acceptors (Lipinski definition) is 6. The molecule has 0 amide bonds. The van der Waals surface area contributed by atoms with Crippen LogP contribution in [0.5, 0.6) is 5.88 Å². The van der Waals surface area contributed by atoms with Crippen molar-refractivity contribution in [3.63, 3.8) is 0 Å². The number of imidazole rings is 1. The lowest BCUT2D eigenvalue weighted by Gasteiger charge is -2.36. The number of hydrogen-bond donors (Lipinski definition) is 0. The predicted molar refractivity (Wildman–Crippen MR) is 136 cm³/mol. The second kappa shape index (κ2) is 9.44. The number of benzene rings is 1. The summed E-state index contributed by atoms with van der Waals surface area (Å²) in [6.07, 6.45) is 2.51. The van der Waals surface area contributed by atoms with Gasteiger partial charge in [0.15, 0.2) is 5.65 Å². The molecule has 1 aliphatic rings. The fourth-order valence-electron chi connectivity index (χ4n) is 4.60. The number of halogens is 2. The molecule has 0 atom stereocenters. The van der Waals surface area contributed by atoms with E-state index in [9.17, 15) is 4.79 Å². The zero-order valence-electron chi connectivity index (χ0n) is 19.2. The normalized spacial score (nSPS) is 14.9. The highest BCUT2D eigenvalue weighted by Crippen LogP contribution is 2.28. The van der Waals surface area contributed by atoms with Gasteiger partial charge in [-0.2, -0.15) is 4.98 Å². The van der Waals surface area contributed by atoms with Gasteiger partial charge in [-0.05, 0) is 44.2 Å². The van der Waals surface area contributed by atoms with Crippen molar-refractivity contribution < 1.29 is 4.74 Å². The van der Waals surface area contributed by atoms with Crippen molar-refractivity contribution in [2.75, 3.05) is 44.7 Å². The molecule has 5 rings (SSSR count). The third-order valence-corrected chi connectivity index (χ3v) is 7.19. The van der Waals surface area contributed by atoms with E-state index >= 15 is 0 Å². The number of anilines is 1. The number of nitrogens with zero attached hydrogens (tertiary/aromatic N) is 6. The largest absolute Gasteiger partial charge is 0.481 e. The first-order valence-electron chi connectivity index (χ1n) is 11.3. The Morgan fingerprint density at radius 1 is 1.03 bits per heavy atom. The van der Waals surface area contributed by atoms with E-state index in [0.717, 1.165) is 50.3 Å². The zero-order chi connectivity index (χ0) is 23.8. The third-order valence-electron chi connectivity index (χ3n) is 6.45. The second-order valence-electron chi connectivity index (χ2n) is 8.48. The maximum absolute atomic E-state index is 13.3. The van der Waals surface area contributed by atoms with Gasteiger partial charge in [0.1, 0.15) is 11.8 Å². The second-order valence-corrected chi connectivity index (χ2v) is 9.30. The topological polar surface area (TPSA) is 67.9 Å².